The van der Waals surface area contributed by atoms with Crippen molar-refractivity contribution in [2.24, 2.45) is 0 Å². The van der Waals surface area contributed by atoms with Gasteiger partial charge >= 0.3 is 0 Å². The molecule has 0 spiro atoms. The predicted molar refractivity (Wildman–Crippen MR) is 92.0 cm³/mol. The van der Waals surface area contributed by atoms with E-state index in [1.807, 2.05) is 26.0 Å². The van der Waals surface area contributed by atoms with Gasteiger partial charge in [0.15, 0.2) is 0 Å². The number of carbonyl (C=O) groups excluding carboxylic acids is 1. The molecule has 0 saturated heterocycles. The molecule has 0 unspecified atom stereocenters. The van der Waals surface area contributed by atoms with Crippen LogP contribution in [0.2, 0.25) is 0 Å². The van der Waals surface area contributed by atoms with Gasteiger partial charge in [-0.2, -0.15) is 0 Å². The Morgan fingerprint density at radius 2 is 2.17 bits per heavy atom. The highest BCUT2D eigenvalue weighted by Crippen LogP contribution is 2.29. The Labute approximate surface area is 142 Å². The first-order chi connectivity index (χ1) is 11.1. The second-order valence-electron chi connectivity index (χ2n) is 5.11. The minimum absolute atomic E-state index is 0.139. The minimum atomic E-state index is -0.139. The van der Waals surface area contributed by atoms with Gasteiger partial charge in [0.2, 0.25) is 0 Å². The van der Waals surface area contributed by atoms with Crippen LogP contribution in [0, 0.1) is 13.8 Å². The Morgan fingerprint density at radius 3 is 2.87 bits per heavy atom. The van der Waals surface area contributed by atoms with Gasteiger partial charge in [0.1, 0.15) is 11.3 Å². The van der Waals surface area contributed by atoms with Gasteiger partial charge in [-0.15, -0.1) is 22.7 Å². The van der Waals surface area contributed by atoms with Crippen molar-refractivity contribution in [1.29, 1.82) is 0 Å². The molecule has 0 aromatic carbocycles. The lowest BCUT2D eigenvalue weighted by molar-refractivity contribution is 0.0949. The highest BCUT2D eigenvalue weighted by Gasteiger charge is 2.19. The standard InChI is InChI=1S/C16H17N3O2S2/c1-4-12-15(9(2)21-19-12)16(20)17-7-11-5-6-14(23-11)13-8-22-10(3)18-13/h5-6,8H,4,7H2,1-3H3,(H,17,20). The summed E-state index contributed by atoms with van der Waals surface area (Å²) in [6.07, 6.45) is 0.673. The van der Waals surface area contributed by atoms with Crippen LogP contribution in [0.3, 0.4) is 0 Å². The molecular weight excluding hydrogens is 330 g/mol. The van der Waals surface area contributed by atoms with E-state index in [1.54, 1.807) is 29.6 Å². The molecule has 0 saturated carbocycles. The maximum atomic E-state index is 12.3. The van der Waals surface area contributed by atoms with Crippen LogP contribution in [0.25, 0.3) is 10.6 Å². The molecular formula is C16H17N3O2S2. The summed E-state index contributed by atoms with van der Waals surface area (Å²) in [6, 6.07) is 4.07. The topological polar surface area (TPSA) is 68.0 Å². The van der Waals surface area contributed by atoms with Crippen molar-refractivity contribution in [2.45, 2.75) is 33.7 Å². The zero-order valence-corrected chi connectivity index (χ0v) is 14.8. The zero-order valence-electron chi connectivity index (χ0n) is 13.2. The summed E-state index contributed by atoms with van der Waals surface area (Å²) in [4.78, 5) is 19.0. The number of carbonyl (C=O) groups is 1. The van der Waals surface area contributed by atoms with E-state index in [0.29, 0.717) is 30.0 Å². The molecule has 0 bridgehead atoms. The molecule has 23 heavy (non-hydrogen) atoms. The van der Waals surface area contributed by atoms with Gasteiger partial charge in [-0.05, 0) is 32.4 Å². The Hall–Kier alpha value is -1.99. The van der Waals surface area contributed by atoms with Crippen LogP contribution < -0.4 is 5.32 Å². The second kappa shape index (κ2) is 6.64. The number of nitrogens with one attached hydrogen (secondary N) is 1. The lowest BCUT2D eigenvalue weighted by atomic mass is 10.1. The minimum Gasteiger partial charge on any atom is -0.361 e. The zero-order chi connectivity index (χ0) is 16.4. The Bertz CT molecular complexity index is 832. The SMILES string of the molecule is CCc1noc(C)c1C(=O)NCc1ccc(-c2csc(C)n2)s1. The van der Waals surface area contributed by atoms with Crippen molar-refractivity contribution in [2.75, 3.05) is 0 Å². The van der Waals surface area contributed by atoms with Crippen LogP contribution >= 0.6 is 22.7 Å². The molecule has 3 aromatic heterocycles. The third kappa shape index (κ3) is 3.35. The lowest BCUT2D eigenvalue weighted by Crippen LogP contribution is -2.23. The van der Waals surface area contributed by atoms with Crippen molar-refractivity contribution in [1.82, 2.24) is 15.5 Å². The van der Waals surface area contributed by atoms with Crippen LogP contribution in [0.4, 0.5) is 0 Å². The summed E-state index contributed by atoms with van der Waals surface area (Å²) in [5.74, 6) is 0.421. The fourth-order valence-electron chi connectivity index (χ4n) is 2.29. The summed E-state index contributed by atoms with van der Waals surface area (Å²) < 4.78 is 5.11. The second-order valence-corrected chi connectivity index (χ2v) is 7.34. The molecule has 5 nitrogen and oxygen atoms in total. The smallest absolute Gasteiger partial charge is 0.257 e. The molecule has 1 amide bonds. The normalized spacial score (nSPS) is 10.9. The molecule has 0 radical (unpaired) electrons. The maximum Gasteiger partial charge on any atom is 0.257 e. The average molecular weight is 347 g/mol. The fourth-order valence-corrected chi connectivity index (χ4v) is 3.89. The van der Waals surface area contributed by atoms with Gasteiger partial charge in [0.05, 0.1) is 27.8 Å². The number of aromatic nitrogens is 2. The molecule has 0 aliphatic rings. The molecule has 3 aromatic rings. The van der Waals surface area contributed by atoms with Crippen molar-refractivity contribution < 1.29 is 9.32 Å². The van der Waals surface area contributed by atoms with Crippen molar-refractivity contribution in [3.05, 3.63) is 44.4 Å². The van der Waals surface area contributed by atoms with E-state index in [1.165, 1.54) is 0 Å². The number of thiazole rings is 1. The summed E-state index contributed by atoms with van der Waals surface area (Å²) in [7, 11) is 0. The molecule has 120 valence electrons. The van der Waals surface area contributed by atoms with Crippen LogP contribution in [0.5, 0.6) is 0 Å². The Kier molecular flexibility index (Phi) is 4.58. The van der Waals surface area contributed by atoms with Crippen molar-refractivity contribution in [3.8, 4) is 10.6 Å². The van der Waals surface area contributed by atoms with Crippen molar-refractivity contribution >= 4 is 28.6 Å². The van der Waals surface area contributed by atoms with E-state index in [-0.39, 0.29) is 5.91 Å². The van der Waals surface area contributed by atoms with Crippen LogP contribution in [-0.2, 0) is 13.0 Å². The van der Waals surface area contributed by atoms with Gasteiger partial charge in [-0.25, -0.2) is 4.98 Å². The number of aryl methyl sites for hydroxylation is 3. The molecule has 0 atom stereocenters. The summed E-state index contributed by atoms with van der Waals surface area (Å²) in [6.45, 7) is 6.19. The third-order valence-corrected chi connectivity index (χ3v) is 5.33. The highest BCUT2D eigenvalue weighted by molar-refractivity contribution is 7.16. The van der Waals surface area contributed by atoms with Gasteiger partial charge in [0.25, 0.3) is 5.91 Å². The van der Waals surface area contributed by atoms with Crippen molar-refractivity contribution in [3.63, 3.8) is 0 Å². The lowest BCUT2D eigenvalue weighted by Gasteiger charge is -2.03. The van der Waals surface area contributed by atoms with E-state index in [0.717, 1.165) is 20.5 Å². The van der Waals surface area contributed by atoms with E-state index in [2.05, 4.69) is 20.8 Å². The number of hydrogen-bond acceptors (Lipinski definition) is 6. The van der Waals surface area contributed by atoms with Crippen LogP contribution in [0.15, 0.2) is 22.0 Å². The first kappa shape index (κ1) is 15.9. The maximum absolute atomic E-state index is 12.3. The predicted octanol–water partition coefficient (Wildman–Crippen LogP) is 3.97. The molecule has 0 fully saturated rings. The van der Waals surface area contributed by atoms with Gasteiger partial charge in [-0.1, -0.05) is 12.1 Å². The number of rotatable bonds is 5. The number of amides is 1. The molecule has 0 aliphatic heterocycles. The first-order valence-corrected chi connectivity index (χ1v) is 9.02. The van der Waals surface area contributed by atoms with E-state index < -0.39 is 0 Å². The van der Waals surface area contributed by atoms with Crippen LogP contribution in [0.1, 0.15) is 38.6 Å². The molecule has 0 aliphatic carbocycles. The summed E-state index contributed by atoms with van der Waals surface area (Å²) >= 11 is 3.28. The molecule has 3 rings (SSSR count). The van der Waals surface area contributed by atoms with Gasteiger partial charge in [-0.3, -0.25) is 4.79 Å². The average Bonchev–Trinajstić information content (AvgIpc) is 3.24. The molecule has 3 heterocycles. The number of nitrogens with zero attached hydrogens (tertiary/aromatic N) is 2. The largest absolute Gasteiger partial charge is 0.361 e. The van der Waals surface area contributed by atoms with E-state index in [9.17, 15) is 4.79 Å². The Morgan fingerprint density at radius 1 is 1.35 bits per heavy atom. The summed E-state index contributed by atoms with van der Waals surface area (Å²) in [5.41, 5.74) is 2.25. The van der Waals surface area contributed by atoms with E-state index >= 15 is 0 Å². The first-order valence-electron chi connectivity index (χ1n) is 7.33. The quantitative estimate of drug-likeness (QED) is 0.758. The Balaban J connectivity index is 1.68. The monoisotopic (exact) mass is 347 g/mol. The van der Waals surface area contributed by atoms with Gasteiger partial charge in [0, 0.05) is 10.3 Å². The third-order valence-electron chi connectivity index (χ3n) is 3.45. The number of hydrogen-bond donors (Lipinski definition) is 1. The molecule has 1 N–H and O–H groups in total. The van der Waals surface area contributed by atoms with Gasteiger partial charge < -0.3 is 9.84 Å². The molecule has 7 heteroatoms. The van der Waals surface area contributed by atoms with E-state index in [4.69, 9.17) is 4.52 Å². The summed E-state index contributed by atoms with van der Waals surface area (Å²) in [5, 5.41) is 9.96. The fraction of sp³-hybridized carbons (Fsp3) is 0.312. The highest BCUT2D eigenvalue weighted by atomic mass is 32.1. The number of thiophene rings is 1. The van der Waals surface area contributed by atoms with Crippen LogP contribution in [-0.4, -0.2) is 16.0 Å².